The molecule has 2 heterocycles. The van der Waals surface area contributed by atoms with E-state index >= 15 is 0 Å². The van der Waals surface area contributed by atoms with Gasteiger partial charge in [-0.05, 0) is 75.2 Å². The van der Waals surface area contributed by atoms with Crippen LogP contribution in [0.5, 0.6) is 5.75 Å². The Morgan fingerprint density at radius 1 is 1.12 bits per heavy atom. The number of nitrogens with zero attached hydrogens (tertiary/aromatic N) is 4. The van der Waals surface area contributed by atoms with Gasteiger partial charge in [0, 0.05) is 11.3 Å². The first kappa shape index (κ1) is 22.1. The van der Waals surface area contributed by atoms with Crippen molar-refractivity contribution in [2.45, 2.75) is 34.2 Å². The zero-order valence-corrected chi connectivity index (χ0v) is 19.0. The second kappa shape index (κ2) is 9.15. The maximum absolute atomic E-state index is 12.7. The van der Waals surface area contributed by atoms with E-state index in [0.29, 0.717) is 29.6 Å². The minimum atomic E-state index is -0.422. The number of nitrogens with two attached hydrogens (primary N) is 1. The molecule has 9 nitrogen and oxygen atoms in total. The van der Waals surface area contributed by atoms with Gasteiger partial charge in [-0.15, -0.1) is 5.10 Å². The van der Waals surface area contributed by atoms with Gasteiger partial charge in [-0.1, -0.05) is 11.3 Å². The smallest absolute Gasteiger partial charge is 0.280 e. The number of amides is 1. The maximum Gasteiger partial charge on any atom is 0.280 e. The summed E-state index contributed by atoms with van der Waals surface area (Å²) >= 11 is 0. The number of carbonyl (C=O) groups excluding carboxylic acids is 1. The molecule has 0 radical (unpaired) electrons. The molecule has 0 saturated heterocycles. The van der Waals surface area contributed by atoms with Crippen LogP contribution in [0.1, 0.15) is 40.0 Å². The lowest BCUT2D eigenvalue weighted by molar-refractivity contribution is 0.102. The molecule has 0 unspecified atom stereocenters. The second-order valence-corrected chi connectivity index (χ2v) is 7.71. The minimum absolute atomic E-state index is 0.0566. The van der Waals surface area contributed by atoms with Crippen molar-refractivity contribution >= 4 is 17.4 Å². The Morgan fingerprint density at radius 3 is 2.58 bits per heavy atom. The number of nitrogen functional groups attached to an aromatic ring is 1. The number of oxazole rings is 1. The van der Waals surface area contributed by atoms with Crippen LogP contribution in [0.2, 0.25) is 0 Å². The predicted molar refractivity (Wildman–Crippen MR) is 125 cm³/mol. The molecule has 3 N–H and O–H groups in total. The van der Waals surface area contributed by atoms with Gasteiger partial charge in [0.05, 0.1) is 13.2 Å². The van der Waals surface area contributed by atoms with E-state index < -0.39 is 5.91 Å². The highest BCUT2D eigenvalue weighted by Crippen LogP contribution is 2.25. The lowest BCUT2D eigenvalue weighted by Crippen LogP contribution is -2.15. The standard InChI is InChI=1S/C24H26N6O3/c1-5-32-19-10-7-17(8-11-19)24-27-20(16(4)33-24)13-30-22(25)21(28-29-30)23(31)26-18-9-6-14(2)15(3)12-18/h6-12H,5,13,25H2,1-4H3,(H,26,31). The number of anilines is 2. The highest BCUT2D eigenvalue weighted by molar-refractivity contribution is 6.05. The largest absolute Gasteiger partial charge is 0.494 e. The minimum Gasteiger partial charge on any atom is -0.494 e. The first-order chi connectivity index (χ1) is 15.9. The molecule has 1 amide bonds. The van der Waals surface area contributed by atoms with E-state index in [9.17, 15) is 4.79 Å². The zero-order chi connectivity index (χ0) is 23.5. The number of hydrogen-bond acceptors (Lipinski definition) is 7. The van der Waals surface area contributed by atoms with Crippen molar-refractivity contribution in [1.29, 1.82) is 0 Å². The molecule has 33 heavy (non-hydrogen) atoms. The van der Waals surface area contributed by atoms with Crippen LogP contribution in [0.4, 0.5) is 11.5 Å². The van der Waals surface area contributed by atoms with Crippen molar-refractivity contribution in [3.8, 4) is 17.2 Å². The van der Waals surface area contributed by atoms with Crippen LogP contribution < -0.4 is 15.8 Å². The van der Waals surface area contributed by atoms with E-state index in [1.54, 1.807) is 0 Å². The van der Waals surface area contributed by atoms with Gasteiger partial charge < -0.3 is 20.2 Å². The van der Waals surface area contributed by atoms with Crippen LogP contribution in [0, 0.1) is 20.8 Å². The molecule has 9 heteroatoms. The average molecular weight is 447 g/mol. The number of nitrogens with one attached hydrogen (secondary N) is 1. The molecule has 0 fully saturated rings. The molecule has 170 valence electrons. The number of carbonyl (C=O) groups is 1. The summed E-state index contributed by atoms with van der Waals surface area (Å²) in [5.74, 6) is 1.63. The highest BCUT2D eigenvalue weighted by Gasteiger charge is 2.20. The number of aromatic nitrogens is 4. The molecular formula is C24H26N6O3. The van der Waals surface area contributed by atoms with Crippen LogP contribution in [-0.2, 0) is 6.54 Å². The number of ether oxygens (including phenoxy) is 1. The molecule has 0 aliphatic heterocycles. The molecule has 0 atom stereocenters. The van der Waals surface area contributed by atoms with E-state index in [2.05, 4.69) is 20.6 Å². The Morgan fingerprint density at radius 2 is 1.88 bits per heavy atom. The number of hydrogen-bond donors (Lipinski definition) is 2. The van der Waals surface area contributed by atoms with Crippen LogP contribution in [-0.4, -0.2) is 32.5 Å². The molecule has 0 spiro atoms. The van der Waals surface area contributed by atoms with Gasteiger partial charge >= 0.3 is 0 Å². The number of benzene rings is 2. The molecule has 0 bridgehead atoms. The topological polar surface area (TPSA) is 121 Å². The molecule has 4 rings (SSSR count). The van der Waals surface area contributed by atoms with E-state index in [4.69, 9.17) is 14.9 Å². The van der Waals surface area contributed by atoms with Crippen LogP contribution in [0.25, 0.3) is 11.5 Å². The Hall–Kier alpha value is -4.14. The highest BCUT2D eigenvalue weighted by atomic mass is 16.5. The molecule has 2 aromatic carbocycles. The normalized spacial score (nSPS) is 10.9. The Bertz CT molecular complexity index is 1290. The predicted octanol–water partition coefficient (Wildman–Crippen LogP) is 4.14. The Balaban J connectivity index is 1.50. The molecule has 2 aromatic heterocycles. The van der Waals surface area contributed by atoms with Gasteiger partial charge in [-0.3, -0.25) is 4.79 Å². The molecule has 4 aromatic rings. The summed E-state index contributed by atoms with van der Waals surface area (Å²) in [5.41, 5.74) is 10.6. The Kier molecular flexibility index (Phi) is 6.12. The van der Waals surface area contributed by atoms with Crippen molar-refractivity contribution in [2.24, 2.45) is 0 Å². The summed E-state index contributed by atoms with van der Waals surface area (Å²) in [6.45, 7) is 8.58. The third-order valence-electron chi connectivity index (χ3n) is 5.36. The first-order valence-electron chi connectivity index (χ1n) is 10.6. The fourth-order valence-electron chi connectivity index (χ4n) is 3.31. The summed E-state index contributed by atoms with van der Waals surface area (Å²) in [7, 11) is 0. The zero-order valence-electron chi connectivity index (χ0n) is 19.0. The summed E-state index contributed by atoms with van der Waals surface area (Å²) in [6.07, 6.45) is 0. The number of aryl methyl sites for hydroxylation is 3. The monoisotopic (exact) mass is 446 g/mol. The molecule has 0 saturated carbocycles. The molecule has 0 aliphatic carbocycles. The SMILES string of the molecule is CCOc1ccc(-c2nc(Cn3nnc(C(=O)Nc4ccc(C)c(C)c4)c3N)c(C)o2)cc1. The van der Waals surface area contributed by atoms with Crippen molar-refractivity contribution < 1.29 is 13.9 Å². The third kappa shape index (κ3) is 4.72. The van der Waals surface area contributed by atoms with Gasteiger partial charge in [0.2, 0.25) is 5.89 Å². The van der Waals surface area contributed by atoms with Gasteiger partial charge in [0.1, 0.15) is 17.2 Å². The van der Waals surface area contributed by atoms with Crippen molar-refractivity contribution in [1.82, 2.24) is 20.0 Å². The lowest BCUT2D eigenvalue weighted by Gasteiger charge is -2.07. The van der Waals surface area contributed by atoms with E-state index in [1.165, 1.54) is 4.68 Å². The van der Waals surface area contributed by atoms with Crippen LogP contribution >= 0.6 is 0 Å². The van der Waals surface area contributed by atoms with Crippen molar-refractivity contribution in [2.75, 3.05) is 17.7 Å². The average Bonchev–Trinajstić information content (AvgIpc) is 3.34. The first-order valence-corrected chi connectivity index (χ1v) is 10.6. The van der Waals surface area contributed by atoms with Crippen molar-refractivity contribution in [3.63, 3.8) is 0 Å². The van der Waals surface area contributed by atoms with Gasteiger partial charge in [0.25, 0.3) is 5.91 Å². The fourth-order valence-corrected chi connectivity index (χ4v) is 3.31. The molecule has 0 aliphatic rings. The molecular weight excluding hydrogens is 420 g/mol. The van der Waals surface area contributed by atoms with Crippen molar-refractivity contribution in [3.05, 3.63) is 70.7 Å². The quantitative estimate of drug-likeness (QED) is 0.437. The summed E-state index contributed by atoms with van der Waals surface area (Å²) < 4.78 is 12.7. The van der Waals surface area contributed by atoms with E-state index in [1.807, 2.05) is 70.2 Å². The summed E-state index contributed by atoms with van der Waals surface area (Å²) in [6, 6.07) is 13.2. The Labute approximate surface area is 191 Å². The van der Waals surface area contributed by atoms with E-state index in [-0.39, 0.29) is 18.1 Å². The van der Waals surface area contributed by atoms with Gasteiger partial charge in [-0.2, -0.15) is 0 Å². The number of rotatable bonds is 7. The van der Waals surface area contributed by atoms with Gasteiger partial charge in [-0.25, -0.2) is 9.67 Å². The lowest BCUT2D eigenvalue weighted by atomic mass is 10.1. The van der Waals surface area contributed by atoms with Crippen LogP contribution in [0.15, 0.2) is 46.9 Å². The second-order valence-electron chi connectivity index (χ2n) is 7.71. The van der Waals surface area contributed by atoms with Crippen LogP contribution in [0.3, 0.4) is 0 Å². The third-order valence-corrected chi connectivity index (χ3v) is 5.36. The fraction of sp³-hybridized carbons (Fsp3) is 0.250. The van der Waals surface area contributed by atoms with E-state index in [0.717, 1.165) is 22.4 Å². The summed E-state index contributed by atoms with van der Waals surface area (Å²) in [4.78, 5) is 17.3. The van der Waals surface area contributed by atoms with Gasteiger partial charge in [0.15, 0.2) is 11.5 Å². The maximum atomic E-state index is 12.7. The summed E-state index contributed by atoms with van der Waals surface area (Å²) in [5, 5.41) is 10.8.